The Balaban J connectivity index is 3.37. The molecule has 0 aromatic heterocycles. The van der Waals surface area contributed by atoms with Gasteiger partial charge in [-0.25, -0.2) is 4.79 Å². The summed E-state index contributed by atoms with van der Waals surface area (Å²) in [4.78, 5) is 10.9. The van der Waals surface area contributed by atoms with Crippen LogP contribution < -0.4 is 0 Å². The molecule has 0 aliphatic heterocycles. The lowest BCUT2D eigenvalue weighted by Gasteiger charge is -2.08. The van der Waals surface area contributed by atoms with Gasteiger partial charge in [0.1, 0.15) is 0 Å². The molecule has 1 radical (unpaired) electrons. The summed E-state index contributed by atoms with van der Waals surface area (Å²) in [7, 11) is 0. The number of aliphatic hydroxyl groups is 1. The molecule has 0 aliphatic carbocycles. The Kier molecular flexibility index (Phi) is 7.11. The Morgan fingerprint density at radius 3 is 2.64 bits per heavy atom. The first-order valence-corrected chi connectivity index (χ1v) is 4.88. The van der Waals surface area contributed by atoms with Crippen molar-refractivity contribution in [3.63, 3.8) is 0 Å². The fraction of sp³-hybridized carbons (Fsp3) is 0.636. The van der Waals surface area contributed by atoms with Crippen LogP contribution in [0.1, 0.15) is 32.6 Å². The minimum absolute atomic E-state index is 0.323. The summed E-state index contributed by atoms with van der Waals surface area (Å²) in [5, 5.41) is 9.33. The van der Waals surface area contributed by atoms with Crippen molar-refractivity contribution in [2.45, 2.75) is 38.7 Å². The first-order valence-electron chi connectivity index (χ1n) is 4.88. The van der Waals surface area contributed by atoms with Gasteiger partial charge in [-0.05, 0) is 26.2 Å². The Bertz CT molecular complexity index is 187. The molecule has 81 valence electrons. The molecule has 0 amide bonds. The smallest absolute Gasteiger partial charge is 0.333 e. The molecular weight excluding hydrogens is 180 g/mol. The predicted molar refractivity (Wildman–Crippen MR) is 55.6 cm³/mol. The minimum atomic E-state index is -0.364. The number of rotatable bonds is 7. The minimum Gasteiger partial charge on any atom is -0.462 e. The first-order chi connectivity index (χ1) is 6.57. The van der Waals surface area contributed by atoms with Crippen molar-refractivity contribution in [2.24, 2.45) is 0 Å². The molecule has 1 N–H and O–H groups in total. The maximum atomic E-state index is 10.9. The summed E-state index contributed by atoms with van der Waals surface area (Å²) < 4.78 is 4.87. The Hall–Kier alpha value is -0.830. The van der Waals surface area contributed by atoms with Crippen molar-refractivity contribution >= 4 is 5.97 Å². The van der Waals surface area contributed by atoms with Crippen molar-refractivity contribution in [1.29, 1.82) is 0 Å². The highest BCUT2D eigenvalue weighted by Crippen LogP contribution is 2.04. The molecule has 1 atom stereocenters. The Morgan fingerprint density at radius 1 is 1.50 bits per heavy atom. The second-order valence-electron chi connectivity index (χ2n) is 3.35. The van der Waals surface area contributed by atoms with E-state index in [0.717, 1.165) is 6.42 Å². The van der Waals surface area contributed by atoms with E-state index >= 15 is 0 Å². The van der Waals surface area contributed by atoms with Gasteiger partial charge in [0, 0.05) is 5.57 Å². The second-order valence-corrected chi connectivity index (χ2v) is 3.35. The van der Waals surface area contributed by atoms with Gasteiger partial charge >= 0.3 is 5.97 Å². The summed E-state index contributed by atoms with van der Waals surface area (Å²) in [5.74, 6) is -0.364. The summed E-state index contributed by atoms with van der Waals surface area (Å²) in [5.41, 5.74) is 0.406. The summed E-state index contributed by atoms with van der Waals surface area (Å²) >= 11 is 0. The van der Waals surface area contributed by atoms with Crippen LogP contribution in [0.5, 0.6) is 0 Å². The number of carbonyl (C=O) groups is 1. The van der Waals surface area contributed by atoms with Gasteiger partial charge < -0.3 is 9.84 Å². The zero-order valence-corrected chi connectivity index (χ0v) is 8.79. The van der Waals surface area contributed by atoms with Gasteiger partial charge in [-0.15, -0.1) is 0 Å². The molecule has 0 spiro atoms. The van der Waals surface area contributed by atoms with Crippen LogP contribution in [-0.4, -0.2) is 23.8 Å². The maximum Gasteiger partial charge on any atom is 0.333 e. The van der Waals surface area contributed by atoms with Crippen LogP contribution in [0, 0.1) is 6.92 Å². The number of carbonyl (C=O) groups excluding carboxylic acids is 1. The highest BCUT2D eigenvalue weighted by Gasteiger charge is 2.05. The van der Waals surface area contributed by atoms with Crippen LogP contribution in [0.2, 0.25) is 0 Å². The molecular formula is C11H19O3. The van der Waals surface area contributed by atoms with E-state index < -0.39 is 0 Å². The van der Waals surface area contributed by atoms with E-state index in [0.29, 0.717) is 31.4 Å². The normalized spacial score (nSPS) is 12.2. The van der Waals surface area contributed by atoms with E-state index in [-0.39, 0.29) is 12.1 Å². The monoisotopic (exact) mass is 199 g/mol. The molecule has 0 aliphatic rings. The first kappa shape index (κ1) is 13.2. The van der Waals surface area contributed by atoms with Crippen LogP contribution in [0.25, 0.3) is 0 Å². The average molecular weight is 199 g/mol. The number of hydrogen-bond acceptors (Lipinski definition) is 3. The summed E-state index contributed by atoms with van der Waals surface area (Å²) in [6, 6.07) is 0. The number of esters is 1. The molecule has 0 aromatic carbocycles. The van der Waals surface area contributed by atoms with Gasteiger partial charge in [-0.1, -0.05) is 19.9 Å². The van der Waals surface area contributed by atoms with Crippen molar-refractivity contribution in [3.8, 4) is 0 Å². The number of ether oxygens (including phenoxy) is 1. The third-order valence-corrected chi connectivity index (χ3v) is 1.80. The van der Waals surface area contributed by atoms with Crippen molar-refractivity contribution in [3.05, 3.63) is 19.1 Å². The highest BCUT2D eigenvalue weighted by atomic mass is 16.5. The number of hydrogen-bond donors (Lipinski definition) is 1. The van der Waals surface area contributed by atoms with Gasteiger partial charge in [0.05, 0.1) is 12.7 Å². The van der Waals surface area contributed by atoms with Gasteiger partial charge in [-0.2, -0.15) is 0 Å². The van der Waals surface area contributed by atoms with Gasteiger partial charge in [0.2, 0.25) is 0 Å². The van der Waals surface area contributed by atoms with Crippen molar-refractivity contribution in [1.82, 2.24) is 0 Å². The standard InChI is InChI=1S/C11H19O3/c1-4-6-10(12)7-5-8-14-11(13)9(2)3/h10,12H,1-2,4-8H2,3H3. The van der Waals surface area contributed by atoms with E-state index in [1.165, 1.54) is 0 Å². The molecule has 0 rings (SSSR count). The Morgan fingerprint density at radius 2 is 2.14 bits per heavy atom. The van der Waals surface area contributed by atoms with Crippen LogP contribution in [0.15, 0.2) is 12.2 Å². The quantitative estimate of drug-likeness (QED) is 0.387. The molecule has 0 fully saturated rings. The SMILES string of the molecule is [CH2]CCC(O)CCCOC(=O)C(=C)C. The molecule has 0 bridgehead atoms. The van der Waals surface area contributed by atoms with E-state index in [1.54, 1.807) is 6.92 Å². The number of aliphatic hydroxyl groups excluding tert-OH is 1. The lowest BCUT2D eigenvalue weighted by Crippen LogP contribution is -2.10. The molecule has 1 unspecified atom stereocenters. The topological polar surface area (TPSA) is 46.5 Å². The Labute approximate surface area is 85.8 Å². The van der Waals surface area contributed by atoms with E-state index in [9.17, 15) is 9.90 Å². The van der Waals surface area contributed by atoms with E-state index in [1.807, 2.05) is 0 Å². The predicted octanol–water partition coefficient (Wildman–Crippen LogP) is 1.86. The maximum absolute atomic E-state index is 10.9. The zero-order valence-electron chi connectivity index (χ0n) is 8.79. The third kappa shape index (κ3) is 6.66. The summed E-state index contributed by atoms with van der Waals surface area (Å²) in [6.07, 6.45) is 2.44. The summed E-state index contributed by atoms with van der Waals surface area (Å²) in [6.45, 7) is 9.07. The van der Waals surface area contributed by atoms with Crippen LogP contribution in [-0.2, 0) is 9.53 Å². The van der Waals surface area contributed by atoms with Gasteiger partial charge in [-0.3, -0.25) is 0 Å². The van der Waals surface area contributed by atoms with E-state index in [2.05, 4.69) is 13.5 Å². The van der Waals surface area contributed by atoms with Crippen LogP contribution >= 0.6 is 0 Å². The second kappa shape index (κ2) is 7.56. The fourth-order valence-corrected chi connectivity index (χ4v) is 0.987. The van der Waals surface area contributed by atoms with E-state index in [4.69, 9.17) is 4.74 Å². The van der Waals surface area contributed by atoms with Crippen molar-refractivity contribution in [2.75, 3.05) is 6.61 Å². The largest absolute Gasteiger partial charge is 0.462 e. The molecule has 14 heavy (non-hydrogen) atoms. The molecule has 3 heteroatoms. The molecule has 3 nitrogen and oxygen atoms in total. The molecule has 0 saturated heterocycles. The highest BCUT2D eigenvalue weighted by molar-refractivity contribution is 5.86. The zero-order chi connectivity index (χ0) is 11.0. The average Bonchev–Trinajstić information content (AvgIpc) is 2.12. The fourth-order valence-electron chi connectivity index (χ4n) is 0.987. The molecule has 0 aromatic rings. The lowest BCUT2D eigenvalue weighted by molar-refractivity contribution is -0.139. The van der Waals surface area contributed by atoms with Gasteiger partial charge in [0.15, 0.2) is 0 Å². The van der Waals surface area contributed by atoms with Crippen LogP contribution in [0.4, 0.5) is 0 Å². The third-order valence-electron chi connectivity index (χ3n) is 1.80. The lowest BCUT2D eigenvalue weighted by atomic mass is 10.1. The van der Waals surface area contributed by atoms with Gasteiger partial charge in [0.25, 0.3) is 0 Å². The molecule has 0 saturated carbocycles. The van der Waals surface area contributed by atoms with Crippen LogP contribution in [0.3, 0.4) is 0 Å². The van der Waals surface area contributed by atoms with Crippen molar-refractivity contribution < 1.29 is 14.6 Å². The molecule has 0 heterocycles.